The van der Waals surface area contributed by atoms with Crippen molar-refractivity contribution in [1.82, 2.24) is 4.57 Å². The first-order valence-corrected chi connectivity index (χ1v) is 7.26. The monoisotopic (exact) mass is 319 g/mol. The Morgan fingerprint density at radius 3 is 2.55 bits per heavy atom. The molecule has 6 heteroatoms. The van der Waals surface area contributed by atoms with Crippen molar-refractivity contribution in [2.24, 2.45) is 0 Å². The van der Waals surface area contributed by atoms with Gasteiger partial charge >= 0.3 is 5.97 Å². The highest BCUT2D eigenvalue weighted by atomic mass is 32.1. The van der Waals surface area contributed by atoms with Crippen molar-refractivity contribution in [2.75, 3.05) is 7.11 Å². The van der Waals surface area contributed by atoms with Gasteiger partial charge in [-0.15, -0.1) is 0 Å². The molecule has 4 nitrogen and oxygen atoms in total. The second-order valence-electron chi connectivity index (χ2n) is 5.19. The number of pyridine rings is 1. The van der Waals surface area contributed by atoms with Gasteiger partial charge in [0.25, 0.3) is 0 Å². The van der Waals surface area contributed by atoms with Gasteiger partial charge < -0.3 is 14.4 Å². The lowest BCUT2D eigenvalue weighted by molar-refractivity contribution is 0.0595. The van der Waals surface area contributed by atoms with Crippen LogP contribution < -0.4 is 0 Å². The Balaban J connectivity index is 2.25. The van der Waals surface area contributed by atoms with Crippen molar-refractivity contribution in [1.29, 1.82) is 0 Å². The molecule has 1 aliphatic rings. The van der Waals surface area contributed by atoms with Crippen LogP contribution in [0.15, 0.2) is 30.3 Å². The summed E-state index contributed by atoms with van der Waals surface area (Å²) in [5, 5.41) is 10.2. The van der Waals surface area contributed by atoms with Gasteiger partial charge in [-0.1, -0.05) is 12.2 Å². The van der Waals surface area contributed by atoms with Gasteiger partial charge in [-0.05, 0) is 42.7 Å². The molecule has 1 heterocycles. The van der Waals surface area contributed by atoms with E-state index in [4.69, 9.17) is 12.2 Å². The fourth-order valence-corrected chi connectivity index (χ4v) is 2.88. The summed E-state index contributed by atoms with van der Waals surface area (Å²) < 4.78 is 19.9. The smallest absolute Gasteiger partial charge is 0.344 e. The molecule has 114 valence electrons. The molecule has 2 aromatic rings. The zero-order valence-electron chi connectivity index (χ0n) is 11.9. The molecule has 1 N–H and O–H groups in total. The van der Waals surface area contributed by atoms with Crippen LogP contribution in [0.4, 0.5) is 4.39 Å². The maximum atomic E-state index is 13.1. The van der Waals surface area contributed by atoms with E-state index in [1.807, 2.05) is 4.57 Å². The van der Waals surface area contributed by atoms with Gasteiger partial charge in [0.05, 0.1) is 12.8 Å². The van der Waals surface area contributed by atoms with E-state index in [0.717, 1.165) is 18.4 Å². The Bertz CT molecular complexity index is 794. The predicted molar refractivity (Wildman–Crippen MR) is 81.9 cm³/mol. The van der Waals surface area contributed by atoms with Crippen LogP contribution in [0.3, 0.4) is 0 Å². The number of carbonyl (C=O) groups excluding carboxylic acids is 1. The third kappa shape index (κ3) is 2.50. The van der Waals surface area contributed by atoms with E-state index in [-0.39, 0.29) is 27.8 Å². The van der Waals surface area contributed by atoms with Crippen LogP contribution in [0.2, 0.25) is 0 Å². The molecule has 0 atom stereocenters. The highest BCUT2D eigenvalue weighted by molar-refractivity contribution is 7.71. The Morgan fingerprint density at radius 1 is 1.36 bits per heavy atom. The highest BCUT2D eigenvalue weighted by Crippen LogP contribution is 2.41. The average Bonchev–Trinajstić information content (AvgIpc) is 3.31. The summed E-state index contributed by atoms with van der Waals surface area (Å²) in [4.78, 5) is 11.8. The Kier molecular flexibility index (Phi) is 3.70. The summed E-state index contributed by atoms with van der Waals surface area (Å²) in [6.45, 7) is 0. The van der Waals surface area contributed by atoms with Gasteiger partial charge in [-0.2, -0.15) is 0 Å². The number of rotatable bonds is 3. The van der Waals surface area contributed by atoms with Gasteiger partial charge in [-0.25, -0.2) is 9.18 Å². The quantitative estimate of drug-likeness (QED) is 0.689. The second kappa shape index (κ2) is 5.53. The van der Waals surface area contributed by atoms with E-state index in [2.05, 4.69) is 4.74 Å². The van der Waals surface area contributed by atoms with Gasteiger partial charge in [0, 0.05) is 12.1 Å². The summed E-state index contributed by atoms with van der Waals surface area (Å²) in [6.07, 6.45) is 1.90. The zero-order chi connectivity index (χ0) is 15.9. The van der Waals surface area contributed by atoms with E-state index in [1.165, 1.54) is 25.3 Å². The zero-order valence-corrected chi connectivity index (χ0v) is 12.7. The summed E-state index contributed by atoms with van der Waals surface area (Å²) in [5.41, 5.74) is 1.39. The summed E-state index contributed by atoms with van der Waals surface area (Å²) >= 11 is 5.38. The maximum Gasteiger partial charge on any atom is 0.344 e. The van der Waals surface area contributed by atoms with Crippen LogP contribution in [-0.2, 0) is 4.74 Å². The molecule has 3 rings (SSSR count). The number of aromatic nitrogens is 1. The molecule has 0 spiro atoms. The normalized spacial score (nSPS) is 13.9. The van der Waals surface area contributed by atoms with Crippen LogP contribution in [-0.4, -0.2) is 22.8 Å². The van der Waals surface area contributed by atoms with E-state index in [1.54, 1.807) is 12.1 Å². The Morgan fingerprint density at radius 2 is 2.00 bits per heavy atom. The van der Waals surface area contributed by atoms with Gasteiger partial charge in [0.2, 0.25) is 0 Å². The van der Waals surface area contributed by atoms with E-state index in [0.29, 0.717) is 5.69 Å². The number of methoxy groups -OCH3 is 1. The molecular weight excluding hydrogens is 305 g/mol. The molecule has 1 aromatic heterocycles. The molecule has 1 saturated carbocycles. The minimum atomic E-state index is -0.664. The number of benzene rings is 1. The number of halogens is 1. The number of esters is 1. The van der Waals surface area contributed by atoms with Crippen LogP contribution in [0.5, 0.6) is 5.75 Å². The molecular formula is C16H14FNO3S. The third-order valence-corrected chi connectivity index (χ3v) is 4.06. The van der Waals surface area contributed by atoms with Crippen LogP contribution in [0.1, 0.15) is 29.2 Å². The molecule has 22 heavy (non-hydrogen) atoms. The van der Waals surface area contributed by atoms with Crippen molar-refractivity contribution in [3.8, 4) is 17.0 Å². The number of hydrogen-bond donors (Lipinski definition) is 1. The molecule has 0 bridgehead atoms. The number of aromatic hydroxyl groups is 1. The van der Waals surface area contributed by atoms with Crippen LogP contribution in [0, 0.1) is 10.5 Å². The van der Waals surface area contributed by atoms with Gasteiger partial charge in [0.15, 0.2) is 0 Å². The standard InChI is InChI=1S/C16H14FNO3S/c1-21-16(20)14-13(19)8-12(9-2-4-10(17)5-3-9)18(15(14)22)11-6-7-11/h2-5,8,11,19H,6-7H2,1H3. The van der Waals surface area contributed by atoms with Crippen LogP contribution >= 0.6 is 12.2 Å². The first-order chi connectivity index (χ1) is 10.5. The predicted octanol–water partition coefficient (Wildman–Crippen LogP) is 3.85. The molecule has 0 unspecified atom stereocenters. The minimum absolute atomic E-state index is 0.00439. The first-order valence-electron chi connectivity index (χ1n) is 6.85. The van der Waals surface area contributed by atoms with Crippen molar-refractivity contribution in [3.63, 3.8) is 0 Å². The third-order valence-electron chi connectivity index (χ3n) is 3.66. The van der Waals surface area contributed by atoms with Gasteiger partial charge in [-0.3, -0.25) is 0 Å². The molecule has 0 amide bonds. The summed E-state index contributed by atoms with van der Waals surface area (Å²) in [5.74, 6) is -1.23. The number of nitrogens with zero attached hydrogens (tertiary/aromatic N) is 1. The Hall–Kier alpha value is -2.21. The van der Waals surface area contributed by atoms with Crippen molar-refractivity contribution in [3.05, 3.63) is 46.4 Å². The highest BCUT2D eigenvalue weighted by Gasteiger charge is 2.29. The minimum Gasteiger partial charge on any atom is -0.507 e. The lowest BCUT2D eigenvalue weighted by atomic mass is 10.1. The fourth-order valence-electron chi connectivity index (χ4n) is 2.44. The molecule has 0 aliphatic heterocycles. The van der Waals surface area contributed by atoms with Crippen molar-refractivity contribution in [2.45, 2.75) is 18.9 Å². The molecule has 1 aliphatic carbocycles. The first kappa shape index (κ1) is 14.7. The number of carbonyl (C=O) groups is 1. The number of hydrogen-bond acceptors (Lipinski definition) is 4. The molecule has 0 radical (unpaired) electrons. The van der Waals surface area contributed by atoms with E-state index in [9.17, 15) is 14.3 Å². The largest absolute Gasteiger partial charge is 0.507 e. The topological polar surface area (TPSA) is 51.5 Å². The Labute approximate surface area is 131 Å². The SMILES string of the molecule is COC(=O)c1c(O)cc(-c2ccc(F)cc2)n(C2CC2)c1=S. The fraction of sp³-hybridized carbons (Fsp3) is 0.250. The van der Waals surface area contributed by atoms with E-state index < -0.39 is 5.97 Å². The average molecular weight is 319 g/mol. The maximum absolute atomic E-state index is 13.1. The lowest BCUT2D eigenvalue weighted by Crippen LogP contribution is -2.10. The second-order valence-corrected chi connectivity index (χ2v) is 5.58. The molecule has 1 aromatic carbocycles. The van der Waals surface area contributed by atoms with Crippen molar-refractivity contribution < 1.29 is 19.0 Å². The van der Waals surface area contributed by atoms with Gasteiger partial charge in [0.1, 0.15) is 21.8 Å². The molecule has 1 fully saturated rings. The lowest BCUT2D eigenvalue weighted by Gasteiger charge is -2.16. The van der Waals surface area contributed by atoms with Crippen LogP contribution in [0.25, 0.3) is 11.3 Å². The number of ether oxygens (including phenoxy) is 1. The summed E-state index contributed by atoms with van der Waals surface area (Å²) in [6, 6.07) is 7.61. The summed E-state index contributed by atoms with van der Waals surface area (Å²) in [7, 11) is 1.24. The van der Waals surface area contributed by atoms with E-state index >= 15 is 0 Å². The van der Waals surface area contributed by atoms with Crippen molar-refractivity contribution >= 4 is 18.2 Å². The molecule has 0 saturated heterocycles.